The van der Waals surface area contributed by atoms with Gasteiger partial charge in [0.1, 0.15) is 36.4 Å². The molecule has 99 heavy (non-hydrogen) atoms. The highest BCUT2D eigenvalue weighted by molar-refractivity contribution is 6.17. The number of benzene rings is 12. The zero-order chi connectivity index (χ0) is 68.1. The smallest absolute Gasteiger partial charge is 0.101 e. The number of aromatic nitrogens is 3. The number of fused-ring (bicyclic) bond motifs is 9. The fraction of sp³-hybridized carbons (Fsp3) is 0.0889. The van der Waals surface area contributed by atoms with Gasteiger partial charge < -0.3 is 13.7 Å². The fourth-order valence-electron chi connectivity index (χ4n) is 15.6. The molecule has 15 aromatic rings. The average Bonchev–Trinajstić information content (AvgIpc) is 1.58. The molecule has 0 atom stereocenters. The largest absolute Gasteiger partial charge is 0.310 e. The second-order valence-electron chi connectivity index (χ2n) is 26.2. The van der Waals surface area contributed by atoms with Crippen LogP contribution in [0.4, 0.5) is 0 Å². The van der Waals surface area contributed by atoms with E-state index < -0.39 is 0 Å². The summed E-state index contributed by atoms with van der Waals surface area (Å²) in [7, 11) is 0. The van der Waals surface area contributed by atoms with E-state index in [1.807, 2.05) is 137 Å². The molecule has 0 aliphatic heterocycles. The highest BCUT2D eigenvalue weighted by Crippen LogP contribution is 2.58. The van der Waals surface area contributed by atoms with Gasteiger partial charge in [-0.3, -0.25) is 0 Å². The van der Waals surface area contributed by atoms with Crippen molar-refractivity contribution in [3.8, 4) is 120 Å². The summed E-state index contributed by atoms with van der Waals surface area (Å²) < 4.78 is 6.21. The summed E-state index contributed by atoms with van der Waals surface area (Å²) >= 11 is 0. The zero-order valence-corrected chi connectivity index (χ0v) is 55.3. The molecular formula is C90H59N9. The Balaban J connectivity index is 1.11. The van der Waals surface area contributed by atoms with Gasteiger partial charge in [0.25, 0.3) is 0 Å². The summed E-state index contributed by atoms with van der Waals surface area (Å²) in [4.78, 5) is 0. The lowest BCUT2D eigenvalue weighted by atomic mass is 9.73. The summed E-state index contributed by atoms with van der Waals surface area (Å²) in [5.74, 6) is 0. The van der Waals surface area contributed by atoms with Gasteiger partial charge in [-0.25, -0.2) is 0 Å². The third kappa shape index (κ3) is 9.61. The van der Waals surface area contributed by atoms with E-state index in [0.717, 1.165) is 117 Å². The van der Waals surface area contributed by atoms with Crippen LogP contribution >= 0.6 is 0 Å². The highest BCUT2D eigenvalue weighted by atomic mass is 15.0. The topological polar surface area (TPSA) is 158 Å². The first-order valence-corrected chi connectivity index (χ1v) is 33.0. The van der Waals surface area contributed by atoms with E-state index in [-0.39, 0.29) is 33.4 Å². The van der Waals surface area contributed by atoms with Gasteiger partial charge in [-0.15, -0.1) is 0 Å². The molecule has 12 aromatic carbocycles. The number of allylic oxidation sites excluding steroid dienone is 1. The van der Waals surface area contributed by atoms with Gasteiger partial charge in [0.05, 0.1) is 78.0 Å². The molecule has 9 heteroatoms. The van der Waals surface area contributed by atoms with E-state index in [2.05, 4.69) is 180 Å². The molecule has 16 rings (SSSR count). The number of nitriles is 6. The third-order valence-electron chi connectivity index (χ3n) is 19.8. The predicted molar refractivity (Wildman–Crippen MR) is 399 cm³/mol. The van der Waals surface area contributed by atoms with E-state index in [1.165, 1.54) is 5.57 Å². The van der Waals surface area contributed by atoms with Gasteiger partial charge >= 0.3 is 0 Å². The van der Waals surface area contributed by atoms with E-state index in [4.69, 9.17) is 0 Å². The molecule has 0 fully saturated rings. The van der Waals surface area contributed by atoms with Crippen molar-refractivity contribution >= 4 is 60.6 Å². The van der Waals surface area contributed by atoms with Crippen molar-refractivity contribution < 1.29 is 0 Å². The lowest BCUT2D eigenvalue weighted by molar-refractivity contribution is 0.854. The normalized spacial score (nSPS) is 11.9. The molecule has 1 aliphatic carbocycles. The van der Waals surface area contributed by atoms with Crippen molar-refractivity contribution in [1.82, 2.24) is 13.7 Å². The van der Waals surface area contributed by atoms with Crippen LogP contribution in [0.15, 0.2) is 224 Å². The van der Waals surface area contributed by atoms with Crippen LogP contribution in [0.3, 0.4) is 0 Å². The molecule has 0 amide bonds. The molecule has 3 aromatic heterocycles. The van der Waals surface area contributed by atoms with E-state index in [9.17, 15) is 31.6 Å². The van der Waals surface area contributed by atoms with Crippen molar-refractivity contribution in [2.24, 2.45) is 0 Å². The SMILES string of the molecule is CC1=Cc2c(n(-c3c(C#N)cc(-c4c(-c5ccccc5)c(-c5cc(C#N)c(-n6c7ccc(C)cc7c7cc(C)ccc76)c(C#N)c5)c(-c5ccccc5)c(-c5cc(C#N)c(-n6c7ccc(C)cc7c7cc(C)ccc76)c(C#N)c5)c4-c4ccccc4)cc3C#N)c3ccc(C)cc23)CC1. The van der Waals surface area contributed by atoms with Crippen molar-refractivity contribution in [3.63, 3.8) is 0 Å². The first-order chi connectivity index (χ1) is 48.3. The monoisotopic (exact) mass is 1270 g/mol. The summed E-state index contributed by atoms with van der Waals surface area (Å²) in [6.45, 7) is 12.5. The number of hydrogen-bond acceptors (Lipinski definition) is 6. The molecule has 0 bridgehead atoms. The minimum absolute atomic E-state index is 0.238. The van der Waals surface area contributed by atoms with Crippen LogP contribution < -0.4 is 0 Å². The molecule has 0 saturated carbocycles. The maximum absolute atomic E-state index is 11.9. The Morgan fingerprint density at radius 2 is 0.515 bits per heavy atom. The van der Waals surface area contributed by atoms with Crippen LogP contribution in [0.1, 0.15) is 85.8 Å². The molecule has 0 unspecified atom stereocenters. The Labute approximate surface area is 573 Å². The first-order valence-electron chi connectivity index (χ1n) is 33.0. The molecular weight excluding hydrogens is 1210 g/mol. The standard InChI is InChI=1S/C90H59N9/c1-52-22-28-76-70(34-52)71-35-53(2)23-29-77(71)97(76)88-64(46-91)40-61(41-65(88)47-92)85-82(58-16-10-7-11-17-58)86(62-42-66(48-93)89(67(43-62)49-94)98-78-30-24-54(3)36-72(78)73-37-55(4)25-31-79(73)98)84(60-20-14-9-15-21-60)87(83(85)59-18-12-8-13-19-59)63-44-68(50-95)90(69(45-63)51-96)99-80-32-26-56(5)38-74(80)75-39-57(6)27-33-81(75)99/h7-26,28-32,34-45H,27,33H2,1-6H3. The van der Waals surface area contributed by atoms with Gasteiger partial charge in [0.15, 0.2) is 0 Å². The van der Waals surface area contributed by atoms with Crippen LogP contribution in [0.2, 0.25) is 0 Å². The number of rotatable bonds is 9. The quantitative estimate of drug-likeness (QED) is 0.140. The Morgan fingerprint density at radius 3 is 0.798 bits per heavy atom. The minimum Gasteiger partial charge on any atom is -0.310 e. The lowest BCUT2D eigenvalue weighted by Crippen LogP contribution is -2.09. The second-order valence-corrected chi connectivity index (χ2v) is 26.2. The fourth-order valence-corrected chi connectivity index (χ4v) is 15.6. The summed E-state index contributed by atoms with van der Waals surface area (Å²) in [5, 5.41) is 76.6. The van der Waals surface area contributed by atoms with Crippen molar-refractivity contribution in [1.29, 1.82) is 31.6 Å². The predicted octanol–water partition coefficient (Wildman–Crippen LogP) is 21.9. The zero-order valence-electron chi connectivity index (χ0n) is 55.3. The summed E-state index contributed by atoms with van der Waals surface area (Å²) in [6.07, 6.45) is 3.74. The Bertz CT molecular complexity index is 5850. The van der Waals surface area contributed by atoms with E-state index >= 15 is 0 Å². The van der Waals surface area contributed by atoms with E-state index in [1.54, 1.807) is 0 Å². The van der Waals surface area contributed by atoms with Gasteiger partial charge in [0.2, 0.25) is 0 Å². The van der Waals surface area contributed by atoms with Gasteiger partial charge in [0, 0.05) is 38.2 Å². The van der Waals surface area contributed by atoms with Gasteiger partial charge in [-0.2, -0.15) is 31.6 Å². The van der Waals surface area contributed by atoms with Crippen LogP contribution in [0.25, 0.3) is 144 Å². The molecule has 3 heterocycles. The van der Waals surface area contributed by atoms with Crippen molar-refractivity contribution in [3.05, 3.63) is 296 Å². The Kier molecular flexibility index (Phi) is 14.5. The van der Waals surface area contributed by atoms with Crippen LogP contribution in [-0.2, 0) is 6.42 Å². The number of nitrogens with zero attached hydrogens (tertiary/aromatic N) is 9. The molecule has 0 saturated heterocycles. The highest BCUT2D eigenvalue weighted by Gasteiger charge is 2.34. The third-order valence-corrected chi connectivity index (χ3v) is 19.8. The molecule has 1 aliphatic rings. The first kappa shape index (κ1) is 60.4. The number of hydrogen-bond donors (Lipinski definition) is 0. The second kappa shape index (κ2) is 23.7. The maximum Gasteiger partial charge on any atom is 0.101 e. The van der Waals surface area contributed by atoms with Crippen LogP contribution in [0, 0.1) is 103 Å². The molecule has 9 nitrogen and oxygen atoms in total. The Hall–Kier alpha value is -13.5. The van der Waals surface area contributed by atoms with Crippen molar-refractivity contribution in [2.45, 2.75) is 54.4 Å². The Morgan fingerprint density at radius 1 is 0.263 bits per heavy atom. The van der Waals surface area contributed by atoms with Crippen LogP contribution in [0.5, 0.6) is 0 Å². The average molecular weight is 1270 g/mol. The van der Waals surface area contributed by atoms with Crippen molar-refractivity contribution in [2.75, 3.05) is 0 Å². The van der Waals surface area contributed by atoms with Crippen LogP contribution in [-0.4, -0.2) is 13.7 Å². The minimum atomic E-state index is 0.238. The molecule has 0 N–H and O–H groups in total. The number of aryl methyl sites for hydroxylation is 5. The molecule has 464 valence electrons. The van der Waals surface area contributed by atoms with Gasteiger partial charge in [-0.1, -0.05) is 161 Å². The van der Waals surface area contributed by atoms with E-state index in [0.29, 0.717) is 73.6 Å². The summed E-state index contributed by atoms with van der Waals surface area (Å²) in [5.41, 5.74) is 23.5. The molecule has 0 radical (unpaired) electrons. The summed E-state index contributed by atoms with van der Waals surface area (Å²) in [6, 6.07) is 88.5. The van der Waals surface area contributed by atoms with Gasteiger partial charge in [-0.05, 0) is 218 Å². The molecule has 0 spiro atoms. The maximum atomic E-state index is 11.9. The lowest BCUT2D eigenvalue weighted by Gasteiger charge is -2.30.